The SMILES string of the molecule is CC.Nc1ccc(F)cc1.O=C(Nc1ccc(F)cc1)c1ccn2c(=O)c3c(nc2c1)CCCCCC3.O=C(O)c1ccn2c(=O)c3c(nc2c1)CCCCCC3.[2H]CC. The van der Waals surface area contributed by atoms with Crippen molar-refractivity contribution in [3.05, 3.63) is 151 Å². The van der Waals surface area contributed by atoms with E-state index in [-0.39, 0.29) is 34.2 Å². The van der Waals surface area contributed by atoms with Gasteiger partial charge in [0.2, 0.25) is 0 Å². The Kier molecular flexibility index (Phi) is 16.8. The molecule has 0 aliphatic heterocycles. The lowest BCUT2D eigenvalue weighted by atomic mass is 9.98. The predicted octanol–water partition coefficient (Wildman–Crippen LogP) is 9.26. The second-order valence-corrected chi connectivity index (χ2v) is 13.6. The van der Waals surface area contributed by atoms with Gasteiger partial charge in [-0.3, -0.25) is 23.2 Å². The van der Waals surface area contributed by atoms with Gasteiger partial charge in [0, 0.05) is 41.8 Å². The standard InChI is InChI=1S/C21H20FN3O2.C15H16N2O3.C6H6FN.2C2H6/c22-15-7-9-16(10-8-15)23-20(26)14-11-12-25-19(13-14)24-18-6-4-2-1-3-5-17(18)21(25)27;18-14-11-5-3-1-2-4-6-12(11)16-13-9-10(15(19)20)7-8-17(13)14;7-5-1-3-6(8)4-2-5;2*1-2/h7-13H,1-6H2,(H,23,26);7-9H,1-6H2,(H,19,20);1-4H,8H2;2*1-2H3/i;;;1D;. The highest BCUT2D eigenvalue weighted by atomic mass is 19.1. The molecule has 4 aromatic heterocycles. The number of carboxylic acid groups (broad SMARTS) is 1. The molecule has 2 aliphatic rings. The van der Waals surface area contributed by atoms with E-state index in [0.717, 1.165) is 99.6 Å². The predicted molar refractivity (Wildman–Crippen MR) is 229 cm³/mol. The van der Waals surface area contributed by atoms with Crippen LogP contribution in [0.1, 0.15) is 124 Å². The van der Waals surface area contributed by atoms with Gasteiger partial charge >= 0.3 is 5.97 Å². The number of hydrogen-bond donors (Lipinski definition) is 3. The smallest absolute Gasteiger partial charge is 0.335 e. The number of hydrogen-bond acceptors (Lipinski definition) is 7. The Labute approximate surface area is 344 Å². The Morgan fingerprint density at radius 3 is 1.51 bits per heavy atom. The van der Waals surface area contributed by atoms with E-state index >= 15 is 0 Å². The fourth-order valence-electron chi connectivity index (χ4n) is 6.73. The van der Waals surface area contributed by atoms with Crippen molar-refractivity contribution in [1.82, 2.24) is 18.8 Å². The molecule has 2 aliphatic carbocycles. The van der Waals surface area contributed by atoms with E-state index < -0.39 is 5.97 Å². The Bertz CT molecular complexity index is 2450. The number of aromatic carboxylic acids is 1. The normalized spacial score (nSPS) is 13.4. The number of aryl methyl sites for hydroxylation is 2. The molecule has 0 saturated carbocycles. The summed E-state index contributed by atoms with van der Waals surface area (Å²) in [5.74, 6) is -1.95. The summed E-state index contributed by atoms with van der Waals surface area (Å²) < 4.78 is 34.2. The van der Waals surface area contributed by atoms with Gasteiger partial charge in [0.1, 0.15) is 22.9 Å². The number of amides is 1. The molecule has 59 heavy (non-hydrogen) atoms. The number of nitrogens with one attached hydrogen (secondary N) is 1. The van der Waals surface area contributed by atoms with E-state index in [1.807, 2.05) is 13.8 Å². The third-order valence-electron chi connectivity index (χ3n) is 9.68. The number of carbonyl (C=O) groups is 2. The van der Waals surface area contributed by atoms with Gasteiger partial charge in [0.15, 0.2) is 0 Å². The molecule has 312 valence electrons. The number of pyridine rings is 2. The Hall–Kier alpha value is -6.24. The van der Waals surface area contributed by atoms with Gasteiger partial charge in [-0.1, -0.05) is 53.4 Å². The third-order valence-corrected chi connectivity index (χ3v) is 9.68. The van der Waals surface area contributed by atoms with Gasteiger partial charge in [-0.25, -0.2) is 23.5 Å². The molecule has 11 nitrogen and oxygen atoms in total. The number of anilines is 2. The molecule has 4 heterocycles. The molecule has 0 atom stereocenters. The van der Waals surface area contributed by atoms with Crippen LogP contribution < -0.4 is 22.2 Å². The number of nitrogens with zero attached hydrogens (tertiary/aromatic N) is 4. The molecule has 13 heteroatoms. The summed E-state index contributed by atoms with van der Waals surface area (Å²) in [6.45, 7) is 6.29. The molecule has 0 fully saturated rings. The minimum absolute atomic E-state index is 0.0395. The first-order valence-corrected chi connectivity index (χ1v) is 20.2. The lowest BCUT2D eigenvalue weighted by Gasteiger charge is -2.14. The monoisotopic (exact) mass is 809 g/mol. The first kappa shape index (κ1) is 43.9. The van der Waals surface area contributed by atoms with Gasteiger partial charge in [0.05, 0.1) is 17.0 Å². The minimum Gasteiger partial charge on any atom is -0.478 e. The number of halogens is 2. The van der Waals surface area contributed by atoms with Crippen LogP contribution in [-0.2, 0) is 25.7 Å². The van der Waals surface area contributed by atoms with E-state index in [1.165, 1.54) is 75.7 Å². The number of carboxylic acids is 1. The number of nitrogen functional groups attached to an aromatic ring is 1. The third kappa shape index (κ3) is 12.4. The molecule has 0 unspecified atom stereocenters. The molecule has 6 aromatic rings. The summed E-state index contributed by atoms with van der Waals surface area (Å²) in [5.41, 5.74) is 11.0. The second kappa shape index (κ2) is 22.6. The van der Waals surface area contributed by atoms with E-state index in [4.69, 9.17) is 12.2 Å². The van der Waals surface area contributed by atoms with Crippen molar-refractivity contribution in [2.45, 2.75) is 105 Å². The van der Waals surface area contributed by atoms with Crippen molar-refractivity contribution in [2.75, 3.05) is 11.1 Å². The average molecular weight is 810 g/mol. The molecule has 1 amide bonds. The summed E-state index contributed by atoms with van der Waals surface area (Å²) >= 11 is 0. The first-order valence-electron chi connectivity index (χ1n) is 20.9. The maximum Gasteiger partial charge on any atom is 0.335 e. The molecule has 0 radical (unpaired) electrons. The number of benzene rings is 2. The number of carbonyl (C=O) groups excluding carboxylic acids is 1. The highest BCUT2D eigenvalue weighted by molar-refractivity contribution is 6.04. The Balaban J connectivity index is 0.000000210. The maximum atomic E-state index is 13.0. The number of rotatable bonds is 3. The second-order valence-electron chi connectivity index (χ2n) is 13.6. The number of fused-ring (bicyclic) bond motifs is 4. The van der Waals surface area contributed by atoms with Gasteiger partial charge in [-0.05, 0) is 124 Å². The minimum atomic E-state index is -1.01. The zero-order valence-corrected chi connectivity index (χ0v) is 34.0. The zero-order chi connectivity index (χ0) is 43.6. The van der Waals surface area contributed by atoms with Crippen LogP contribution in [0.4, 0.5) is 20.2 Å². The molecule has 0 bridgehead atoms. The van der Waals surface area contributed by atoms with Crippen LogP contribution in [0.2, 0.25) is 0 Å². The molecule has 0 spiro atoms. The quantitative estimate of drug-likeness (QED) is 0.149. The Morgan fingerprint density at radius 1 is 0.661 bits per heavy atom. The molecule has 4 N–H and O–H groups in total. The van der Waals surface area contributed by atoms with Crippen LogP contribution in [0.15, 0.2) is 94.8 Å². The van der Waals surface area contributed by atoms with E-state index in [2.05, 4.69) is 15.3 Å². The van der Waals surface area contributed by atoms with E-state index in [9.17, 15) is 28.0 Å². The van der Waals surface area contributed by atoms with Crippen LogP contribution in [0.3, 0.4) is 0 Å². The zero-order valence-electron chi connectivity index (χ0n) is 35.0. The summed E-state index contributed by atoms with van der Waals surface area (Å²) in [5, 5.41) is 11.7. The summed E-state index contributed by atoms with van der Waals surface area (Å²) in [6, 6.07) is 17.4. The van der Waals surface area contributed by atoms with Crippen LogP contribution in [-0.4, -0.2) is 35.8 Å². The fraction of sp³-hybridized carbons (Fsp3) is 0.348. The van der Waals surface area contributed by atoms with Crippen molar-refractivity contribution in [2.24, 2.45) is 0 Å². The first-order chi connectivity index (χ1) is 29.0. The number of aromatic nitrogens is 4. The Morgan fingerprint density at radius 2 is 1.07 bits per heavy atom. The summed E-state index contributed by atoms with van der Waals surface area (Å²) in [4.78, 5) is 58.0. The van der Waals surface area contributed by atoms with Gasteiger partial charge in [-0.2, -0.15) is 0 Å². The maximum absolute atomic E-state index is 13.0. The van der Waals surface area contributed by atoms with Crippen LogP contribution in [0.5, 0.6) is 0 Å². The van der Waals surface area contributed by atoms with Crippen molar-refractivity contribution >= 4 is 34.5 Å². The van der Waals surface area contributed by atoms with Crippen molar-refractivity contribution < 1.29 is 24.8 Å². The number of nitrogens with two attached hydrogens (primary N) is 1. The highest BCUT2D eigenvalue weighted by Crippen LogP contribution is 2.19. The lowest BCUT2D eigenvalue weighted by molar-refractivity contribution is 0.0696. The van der Waals surface area contributed by atoms with Crippen LogP contribution in [0, 0.1) is 11.6 Å². The molecule has 0 saturated heterocycles. The average Bonchev–Trinajstić information content (AvgIpc) is 3.22. The summed E-state index contributed by atoms with van der Waals surface area (Å²) in [6.07, 6.45) is 14.9. The molecule has 2 aromatic carbocycles. The lowest BCUT2D eigenvalue weighted by Crippen LogP contribution is -2.24. The molecular formula is C46H54F2N6O5. The van der Waals surface area contributed by atoms with Gasteiger partial charge < -0.3 is 16.2 Å². The van der Waals surface area contributed by atoms with Gasteiger partial charge in [-0.15, -0.1) is 0 Å². The fourth-order valence-corrected chi connectivity index (χ4v) is 6.73. The topological polar surface area (TPSA) is 161 Å². The largest absolute Gasteiger partial charge is 0.478 e. The van der Waals surface area contributed by atoms with Crippen molar-refractivity contribution in [3.8, 4) is 0 Å². The highest BCUT2D eigenvalue weighted by Gasteiger charge is 2.17. The van der Waals surface area contributed by atoms with Crippen molar-refractivity contribution in [1.29, 1.82) is 0 Å². The van der Waals surface area contributed by atoms with Crippen molar-refractivity contribution in [3.63, 3.8) is 0 Å². The molecule has 8 rings (SSSR count). The molecular weight excluding hydrogens is 755 g/mol. The van der Waals surface area contributed by atoms with Crippen LogP contribution >= 0.6 is 0 Å². The van der Waals surface area contributed by atoms with Crippen LogP contribution in [0.25, 0.3) is 11.3 Å². The van der Waals surface area contributed by atoms with E-state index in [0.29, 0.717) is 35.1 Å². The summed E-state index contributed by atoms with van der Waals surface area (Å²) in [7, 11) is 0. The van der Waals surface area contributed by atoms with Gasteiger partial charge in [0.25, 0.3) is 17.0 Å². The van der Waals surface area contributed by atoms with E-state index in [1.54, 1.807) is 25.3 Å².